The molecule has 0 saturated carbocycles. The van der Waals surface area contributed by atoms with E-state index in [4.69, 9.17) is 5.26 Å². The van der Waals surface area contributed by atoms with E-state index in [2.05, 4.69) is 15.0 Å². The van der Waals surface area contributed by atoms with Gasteiger partial charge in [-0.25, -0.2) is 9.78 Å². The molecular weight excluding hydrogens is 260 g/mol. The molecule has 1 rings (SSSR count). The zero-order valence-electron chi connectivity index (χ0n) is 11.4. The minimum Gasteiger partial charge on any atom is -0.464 e. The molecule has 0 saturated heterocycles. The minimum atomic E-state index is -0.607. The Morgan fingerprint density at radius 2 is 2.30 bits per heavy atom. The van der Waals surface area contributed by atoms with E-state index in [1.54, 1.807) is 13.0 Å². The fourth-order valence-corrected chi connectivity index (χ4v) is 1.42. The second-order valence-corrected chi connectivity index (χ2v) is 3.77. The Hall–Kier alpha value is -2.88. The molecular formula is C13H14N4O3. The fraction of sp³-hybridized carbons (Fsp3) is 0.231. The first-order valence-electron chi connectivity index (χ1n) is 5.65. The van der Waals surface area contributed by atoms with Crippen LogP contribution in [0.4, 0.5) is 5.82 Å². The average molecular weight is 274 g/mol. The van der Waals surface area contributed by atoms with Crippen LogP contribution in [0.25, 0.3) is 0 Å². The van der Waals surface area contributed by atoms with Crippen molar-refractivity contribution < 1.29 is 14.3 Å². The van der Waals surface area contributed by atoms with E-state index in [0.717, 1.165) is 4.90 Å². The Labute approximate surface area is 116 Å². The van der Waals surface area contributed by atoms with Gasteiger partial charge in [0.05, 0.1) is 12.7 Å². The second kappa shape index (κ2) is 6.89. The average Bonchev–Trinajstić information content (AvgIpc) is 2.47. The third-order valence-corrected chi connectivity index (χ3v) is 2.54. The van der Waals surface area contributed by atoms with Crippen LogP contribution in [0.3, 0.4) is 0 Å². The maximum absolute atomic E-state index is 11.4. The SMILES string of the molecule is CN/C(=C\N(C=O)c1cc(C)c(C#N)cn1)C(=O)OC. The number of aromatic nitrogens is 1. The number of nitrogens with one attached hydrogen (secondary N) is 1. The summed E-state index contributed by atoms with van der Waals surface area (Å²) in [4.78, 5) is 27.7. The quantitative estimate of drug-likeness (QED) is 0.476. The number of methoxy groups -OCH3 is 1. The van der Waals surface area contributed by atoms with Crippen molar-refractivity contribution in [3.63, 3.8) is 0 Å². The molecule has 1 aromatic heterocycles. The molecule has 1 aromatic rings. The lowest BCUT2D eigenvalue weighted by atomic mass is 10.2. The van der Waals surface area contributed by atoms with Crippen LogP contribution in [0.15, 0.2) is 24.2 Å². The molecule has 0 radical (unpaired) electrons. The van der Waals surface area contributed by atoms with Crippen LogP contribution in [0, 0.1) is 18.3 Å². The highest BCUT2D eigenvalue weighted by atomic mass is 16.5. The maximum atomic E-state index is 11.4. The number of nitriles is 1. The van der Waals surface area contributed by atoms with Crippen LogP contribution in [0.1, 0.15) is 11.1 Å². The van der Waals surface area contributed by atoms with Crippen molar-refractivity contribution in [2.24, 2.45) is 0 Å². The van der Waals surface area contributed by atoms with Crippen molar-refractivity contribution in [2.45, 2.75) is 6.92 Å². The molecule has 104 valence electrons. The Kier molecular flexibility index (Phi) is 5.23. The van der Waals surface area contributed by atoms with Crippen LogP contribution < -0.4 is 10.2 Å². The standard InChI is InChI=1S/C13H14N4O3/c1-9-4-12(16-6-10(9)5-14)17(8-18)7-11(15-2)13(19)20-3/h4,6-8,15H,1-3H3/b11-7-. The van der Waals surface area contributed by atoms with Gasteiger partial charge < -0.3 is 10.1 Å². The first kappa shape index (κ1) is 15.2. The van der Waals surface area contributed by atoms with Crippen molar-refractivity contribution in [1.82, 2.24) is 10.3 Å². The lowest BCUT2D eigenvalue weighted by Gasteiger charge is -2.14. The summed E-state index contributed by atoms with van der Waals surface area (Å²) in [6.07, 6.45) is 3.15. The molecule has 0 unspecified atom stereocenters. The Morgan fingerprint density at radius 3 is 2.75 bits per heavy atom. The molecule has 0 aliphatic carbocycles. The number of amides is 1. The zero-order chi connectivity index (χ0) is 15.1. The van der Waals surface area contributed by atoms with Crippen molar-refractivity contribution in [2.75, 3.05) is 19.1 Å². The van der Waals surface area contributed by atoms with Crippen LogP contribution in [-0.4, -0.2) is 31.5 Å². The van der Waals surface area contributed by atoms with Gasteiger partial charge in [-0.1, -0.05) is 0 Å². The molecule has 7 nitrogen and oxygen atoms in total. The Morgan fingerprint density at radius 1 is 1.60 bits per heavy atom. The zero-order valence-corrected chi connectivity index (χ0v) is 11.4. The summed E-state index contributed by atoms with van der Waals surface area (Å²) in [5.74, 6) is -0.308. The van der Waals surface area contributed by atoms with Crippen LogP contribution in [-0.2, 0) is 14.3 Å². The van der Waals surface area contributed by atoms with Gasteiger partial charge in [0, 0.05) is 19.4 Å². The number of aryl methyl sites for hydroxylation is 1. The number of rotatable bonds is 5. The van der Waals surface area contributed by atoms with E-state index in [9.17, 15) is 9.59 Å². The Bertz CT molecular complexity index is 590. The third-order valence-electron chi connectivity index (χ3n) is 2.54. The van der Waals surface area contributed by atoms with E-state index >= 15 is 0 Å². The number of carbonyl (C=O) groups is 2. The van der Waals surface area contributed by atoms with Gasteiger partial charge in [0.25, 0.3) is 0 Å². The van der Waals surface area contributed by atoms with Crippen molar-refractivity contribution >= 4 is 18.2 Å². The van der Waals surface area contributed by atoms with Gasteiger partial charge >= 0.3 is 5.97 Å². The van der Waals surface area contributed by atoms with Gasteiger partial charge in [-0.3, -0.25) is 9.69 Å². The van der Waals surface area contributed by atoms with Crippen molar-refractivity contribution in [3.05, 3.63) is 35.3 Å². The van der Waals surface area contributed by atoms with Gasteiger partial charge in [-0.2, -0.15) is 5.26 Å². The van der Waals surface area contributed by atoms with E-state index in [-0.39, 0.29) is 5.70 Å². The Balaban J connectivity index is 3.17. The van der Waals surface area contributed by atoms with Gasteiger partial charge in [0.15, 0.2) is 0 Å². The number of nitrogens with zero attached hydrogens (tertiary/aromatic N) is 3. The smallest absolute Gasteiger partial charge is 0.355 e. The highest BCUT2D eigenvalue weighted by molar-refractivity contribution is 5.90. The molecule has 0 aromatic carbocycles. The lowest BCUT2D eigenvalue weighted by molar-refractivity contribution is -0.136. The molecule has 0 spiro atoms. The summed E-state index contributed by atoms with van der Waals surface area (Å²) in [5.41, 5.74) is 1.20. The number of carbonyl (C=O) groups excluding carboxylic acids is 2. The van der Waals surface area contributed by atoms with Crippen LogP contribution >= 0.6 is 0 Å². The number of hydrogen-bond acceptors (Lipinski definition) is 6. The molecule has 7 heteroatoms. The summed E-state index contributed by atoms with van der Waals surface area (Å²) < 4.78 is 4.57. The highest BCUT2D eigenvalue weighted by Crippen LogP contribution is 2.15. The number of esters is 1. The molecule has 1 N–H and O–H groups in total. The van der Waals surface area contributed by atoms with Crippen LogP contribution in [0.5, 0.6) is 0 Å². The third kappa shape index (κ3) is 3.32. The monoisotopic (exact) mass is 274 g/mol. The molecule has 1 amide bonds. The van der Waals surface area contributed by atoms with E-state index in [1.165, 1.54) is 26.6 Å². The first-order valence-corrected chi connectivity index (χ1v) is 5.65. The van der Waals surface area contributed by atoms with E-state index in [1.807, 2.05) is 6.07 Å². The number of likely N-dealkylation sites (N-methyl/N-ethyl adjacent to an activating group) is 1. The fourth-order valence-electron chi connectivity index (χ4n) is 1.42. The highest BCUT2D eigenvalue weighted by Gasteiger charge is 2.12. The van der Waals surface area contributed by atoms with Gasteiger partial charge in [-0.05, 0) is 18.6 Å². The number of hydrogen-bond donors (Lipinski definition) is 1. The van der Waals surface area contributed by atoms with Gasteiger partial charge in [0.1, 0.15) is 17.6 Å². The lowest BCUT2D eigenvalue weighted by Crippen LogP contribution is -2.24. The van der Waals surface area contributed by atoms with E-state index in [0.29, 0.717) is 23.4 Å². The minimum absolute atomic E-state index is 0.100. The number of ether oxygens (including phenoxy) is 1. The normalized spacial score (nSPS) is 10.4. The molecule has 0 aliphatic heterocycles. The molecule has 0 bridgehead atoms. The molecule has 1 heterocycles. The van der Waals surface area contributed by atoms with Gasteiger partial charge in [-0.15, -0.1) is 0 Å². The van der Waals surface area contributed by atoms with Crippen molar-refractivity contribution in [3.8, 4) is 6.07 Å². The topological polar surface area (TPSA) is 95.3 Å². The van der Waals surface area contributed by atoms with Crippen LogP contribution in [0.2, 0.25) is 0 Å². The molecule has 0 fully saturated rings. The first-order chi connectivity index (χ1) is 9.57. The molecule has 20 heavy (non-hydrogen) atoms. The largest absolute Gasteiger partial charge is 0.464 e. The van der Waals surface area contributed by atoms with E-state index < -0.39 is 5.97 Å². The predicted octanol–water partition coefficient (Wildman–Crippen LogP) is 0.458. The molecule has 0 aliphatic rings. The number of pyridine rings is 1. The summed E-state index contributed by atoms with van der Waals surface area (Å²) in [6.45, 7) is 1.73. The summed E-state index contributed by atoms with van der Waals surface area (Å²) >= 11 is 0. The summed E-state index contributed by atoms with van der Waals surface area (Å²) in [6, 6.07) is 3.56. The summed E-state index contributed by atoms with van der Waals surface area (Å²) in [5, 5.41) is 11.5. The second-order valence-electron chi connectivity index (χ2n) is 3.77. The van der Waals surface area contributed by atoms with Gasteiger partial charge in [0.2, 0.25) is 6.41 Å². The number of anilines is 1. The van der Waals surface area contributed by atoms with Crippen molar-refractivity contribution in [1.29, 1.82) is 5.26 Å². The molecule has 0 atom stereocenters. The maximum Gasteiger partial charge on any atom is 0.355 e. The predicted molar refractivity (Wildman–Crippen MR) is 71.4 cm³/mol. The summed E-state index contributed by atoms with van der Waals surface area (Å²) in [7, 11) is 2.77.